The Bertz CT molecular complexity index is 3820. The zero-order valence-corrected chi connectivity index (χ0v) is 64.2. The molecule has 3 aromatic heterocycles. The van der Waals surface area contributed by atoms with Gasteiger partial charge < -0.3 is 15.3 Å². The van der Waals surface area contributed by atoms with Crippen LogP contribution in [0.2, 0.25) is 5.02 Å². The quantitative estimate of drug-likeness (QED) is 0.0384. The molecular weight excluding hydrogens is 1380 g/mol. The molecule has 0 saturated heterocycles. The number of fused-ring (bicyclic) bond motifs is 3. The van der Waals surface area contributed by atoms with Crippen LogP contribution in [0.25, 0.3) is 34.2 Å². The van der Waals surface area contributed by atoms with Gasteiger partial charge in [0.1, 0.15) is 28.4 Å². The van der Waals surface area contributed by atoms with Crippen LogP contribution in [-0.4, -0.2) is 111 Å². The van der Waals surface area contributed by atoms with Crippen LogP contribution in [0, 0.1) is 81.1 Å². The predicted molar refractivity (Wildman–Crippen MR) is 392 cm³/mol. The minimum absolute atomic E-state index is 0.0719. The molecule has 0 aliphatic heterocycles. The van der Waals surface area contributed by atoms with Crippen LogP contribution >= 0.6 is 11.6 Å². The molecule has 576 valence electrons. The average molecular weight is 1490 g/mol. The summed E-state index contributed by atoms with van der Waals surface area (Å²) in [6.07, 6.45) is 23.0. The minimum atomic E-state index is -3.10. The summed E-state index contributed by atoms with van der Waals surface area (Å²) in [7, 11) is 0. The summed E-state index contributed by atoms with van der Waals surface area (Å²) in [5.41, 5.74) is -0.00524. The average Bonchev–Trinajstić information content (AvgIpc) is 1.63. The lowest BCUT2D eigenvalue weighted by molar-refractivity contribution is -0.168. The van der Waals surface area contributed by atoms with Crippen molar-refractivity contribution in [3.8, 4) is 34.2 Å². The fourth-order valence-electron chi connectivity index (χ4n) is 19.5. The third-order valence-electron chi connectivity index (χ3n) is 26.0. The van der Waals surface area contributed by atoms with Crippen LogP contribution < -0.4 is 0 Å². The van der Waals surface area contributed by atoms with E-state index < -0.39 is 34.6 Å². The van der Waals surface area contributed by atoms with Gasteiger partial charge in [0.05, 0.1) is 35.8 Å². The first-order chi connectivity index (χ1) is 49.3. The van der Waals surface area contributed by atoms with Crippen molar-refractivity contribution in [3.05, 3.63) is 124 Å². The first-order valence-corrected chi connectivity index (χ1v) is 38.6. The van der Waals surface area contributed by atoms with E-state index in [1.807, 2.05) is 24.3 Å². The molecule has 3 aromatic carbocycles. The summed E-state index contributed by atoms with van der Waals surface area (Å²) in [4.78, 5) is 1.49. The van der Waals surface area contributed by atoms with Gasteiger partial charge in [0.25, 0.3) is 17.8 Å². The molecule has 0 amide bonds. The molecule has 0 spiro atoms. The van der Waals surface area contributed by atoms with E-state index in [-0.39, 0.29) is 70.7 Å². The van der Waals surface area contributed by atoms with Gasteiger partial charge in [0, 0.05) is 24.8 Å². The van der Waals surface area contributed by atoms with Crippen molar-refractivity contribution in [1.29, 1.82) is 0 Å². The van der Waals surface area contributed by atoms with Gasteiger partial charge in [-0.15, -0.1) is 20.4 Å². The van der Waals surface area contributed by atoms with Crippen molar-refractivity contribution in [1.82, 2.24) is 60.6 Å². The summed E-state index contributed by atoms with van der Waals surface area (Å²) in [6, 6.07) is 20.4. The normalized spacial score (nSPS) is 27.3. The van der Waals surface area contributed by atoms with Crippen molar-refractivity contribution in [2.75, 3.05) is 0 Å². The van der Waals surface area contributed by atoms with Crippen LogP contribution in [-0.2, 0) is 19.6 Å². The van der Waals surface area contributed by atoms with Gasteiger partial charge in [-0.3, -0.25) is 0 Å². The van der Waals surface area contributed by atoms with Gasteiger partial charge in [0.2, 0.25) is 5.82 Å². The molecule has 6 aliphatic rings. The molecule has 3 N–H and O–H groups in total. The Morgan fingerprint density at radius 3 is 1.19 bits per heavy atom. The van der Waals surface area contributed by atoms with Gasteiger partial charge in [-0.05, 0) is 289 Å². The van der Waals surface area contributed by atoms with Crippen molar-refractivity contribution in [2.24, 2.45) is 69.5 Å². The number of aromatic nitrogens is 12. The zero-order chi connectivity index (χ0) is 76.3. The lowest BCUT2D eigenvalue weighted by Crippen LogP contribution is -2.43. The molecule has 0 radical (unpaired) electrons. The molecular formula is C81H111ClF8N12O3. The monoisotopic (exact) mass is 1490 g/mol. The molecule has 6 fully saturated rings. The van der Waals surface area contributed by atoms with E-state index in [2.05, 4.69) is 106 Å². The topological polar surface area (TPSA) is 191 Å². The Balaban J connectivity index is 0.000000169. The highest BCUT2D eigenvalue weighted by atomic mass is 35.5. The lowest BCUT2D eigenvalue weighted by atomic mass is 9.60. The standard InChI is InChI=1S/C27H37ClF2N4O.2C27H37F3N4O/c2*1-18(13-16-27(29,30)25(2,3)35)21-11-12-22-19(8-7-15-26(21,22)4)14-17-34-24(31-32-33-34)20-9-5-6-10-23(20)28;1-18(13-16-27(29,30)25(2,3)35)21-11-12-22-19(8-7-15-26(21,22)4)14-17-34-32-24(31-33-34)20-9-5-6-10-23(20)28/h3*5-6,9-10,14,18,21-22,35H,7-8,11-13,15-17H2,1-4H3/b3*19-14+/t3*18-,21-,22+,26-/m111/s1. The van der Waals surface area contributed by atoms with E-state index in [4.69, 9.17) is 11.6 Å². The Morgan fingerprint density at radius 2 is 0.819 bits per heavy atom. The molecule has 15 nitrogen and oxygen atoms in total. The van der Waals surface area contributed by atoms with Crippen molar-refractivity contribution in [3.63, 3.8) is 0 Å². The highest BCUT2D eigenvalue weighted by Gasteiger charge is 2.56. The molecule has 0 bridgehead atoms. The fraction of sp³-hybridized carbons (Fsp3) is 0.667. The summed E-state index contributed by atoms with van der Waals surface area (Å²) < 4.78 is 118. The van der Waals surface area contributed by atoms with Crippen LogP contribution in [0.4, 0.5) is 35.1 Å². The number of halogens is 9. The molecule has 3 heterocycles. The van der Waals surface area contributed by atoms with Crippen LogP contribution in [0.5, 0.6) is 0 Å². The maximum Gasteiger partial charge on any atom is 0.275 e. The van der Waals surface area contributed by atoms with Gasteiger partial charge in [-0.25, -0.2) is 44.5 Å². The second-order valence-electron chi connectivity index (χ2n) is 33.9. The Morgan fingerprint density at radius 1 is 0.476 bits per heavy atom. The summed E-state index contributed by atoms with van der Waals surface area (Å²) in [6.45, 7) is 22.0. The van der Waals surface area contributed by atoms with Crippen LogP contribution in [0.15, 0.2) is 108 Å². The number of aliphatic hydroxyl groups is 3. The fourth-order valence-corrected chi connectivity index (χ4v) is 19.7. The second-order valence-corrected chi connectivity index (χ2v) is 34.3. The summed E-state index contributed by atoms with van der Waals surface area (Å²) in [5, 5.41) is 66.8. The zero-order valence-electron chi connectivity index (χ0n) is 63.4. The molecule has 24 heteroatoms. The number of hydrogen-bond donors (Lipinski definition) is 3. The number of hydrogen-bond acceptors (Lipinski definition) is 12. The van der Waals surface area contributed by atoms with Gasteiger partial charge in [-0.1, -0.05) is 124 Å². The predicted octanol–water partition coefficient (Wildman–Crippen LogP) is 19.8. The van der Waals surface area contributed by atoms with E-state index >= 15 is 0 Å². The number of alkyl halides is 6. The van der Waals surface area contributed by atoms with E-state index in [9.17, 15) is 50.4 Å². The largest absolute Gasteiger partial charge is 0.384 e. The van der Waals surface area contributed by atoms with Gasteiger partial charge >= 0.3 is 0 Å². The molecule has 12 rings (SSSR count). The number of allylic oxidation sites excluding steroid dienone is 6. The number of nitrogens with zero attached hydrogens (tertiary/aromatic N) is 12. The third kappa shape index (κ3) is 17.9. The molecule has 0 unspecified atom stereocenters. The lowest BCUT2D eigenvalue weighted by Gasteiger charge is -2.44. The highest BCUT2D eigenvalue weighted by molar-refractivity contribution is 6.33. The smallest absolute Gasteiger partial charge is 0.275 e. The minimum Gasteiger partial charge on any atom is -0.384 e. The maximum atomic E-state index is 14.4. The SMILES string of the molecule is C[C@H](CCC(F)(F)C(C)(C)O)[C@H]1CC[C@H]2/C(=C/Cn3nnc(-c4ccccc4F)n3)CCC[C@]12C.C[C@H](CCC(F)(F)C(C)(C)O)[C@H]1CC[C@H]2/C(=C/Cn3nnnc3-c3ccccc3Cl)CCC[C@]12C.C[C@H](CCC(F)(F)C(C)(C)O)[C@H]1CC[C@H]2/C(=C/Cn3nnnc3-c3ccccc3F)CCC[C@]12C. The summed E-state index contributed by atoms with van der Waals surface area (Å²) in [5.74, 6) is -5.72. The summed E-state index contributed by atoms with van der Waals surface area (Å²) >= 11 is 6.37. The van der Waals surface area contributed by atoms with Crippen LogP contribution in [0.1, 0.15) is 218 Å². The van der Waals surface area contributed by atoms with E-state index in [0.717, 1.165) is 102 Å². The Kier molecular flexibility index (Phi) is 25.1. The first-order valence-electron chi connectivity index (χ1n) is 38.2. The van der Waals surface area contributed by atoms with E-state index in [1.54, 1.807) is 45.8 Å². The Labute approximate surface area is 619 Å². The Hall–Kier alpha value is -6.30. The molecule has 12 atom stereocenters. The second kappa shape index (κ2) is 32.5. The first kappa shape index (κ1) is 81.2. The number of rotatable bonds is 24. The molecule has 6 aromatic rings. The van der Waals surface area contributed by atoms with E-state index in [1.165, 1.54) is 75.2 Å². The van der Waals surface area contributed by atoms with Gasteiger partial charge in [0.15, 0.2) is 11.6 Å². The van der Waals surface area contributed by atoms with Gasteiger partial charge in [-0.2, -0.15) is 4.80 Å². The van der Waals surface area contributed by atoms with Crippen molar-refractivity contribution < 1.29 is 50.4 Å². The van der Waals surface area contributed by atoms with Crippen molar-refractivity contribution >= 4 is 11.6 Å². The molecule has 6 aliphatic carbocycles. The van der Waals surface area contributed by atoms with Crippen LogP contribution in [0.3, 0.4) is 0 Å². The van der Waals surface area contributed by atoms with Crippen molar-refractivity contribution in [2.45, 2.75) is 272 Å². The molecule has 6 saturated carbocycles. The number of tetrazole rings is 3. The third-order valence-corrected chi connectivity index (χ3v) is 26.4. The van der Waals surface area contributed by atoms with E-state index in [0.29, 0.717) is 102 Å². The maximum absolute atomic E-state index is 14.4. The molecule has 105 heavy (non-hydrogen) atoms. The number of benzene rings is 3. The highest BCUT2D eigenvalue weighted by Crippen LogP contribution is 2.63.